The fraction of sp³-hybridized carbons (Fsp3) is 0.923. The Hall–Kier alpha value is -0.770. The highest BCUT2D eigenvalue weighted by Gasteiger charge is 2.49. The molecule has 0 aliphatic carbocycles. The molecule has 0 bridgehead atoms. The molecule has 0 aromatic carbocycles. The number of rotatable bonds is 0. The molecule has 0 unspecified atom stereocenters. The maximum atomic E-state index is 11.6. The summed E-state index contributed by atoms with van der Waals surface area (Å²) >= 11 is 0. The molecule has 0 radical (unpaired) electrons. The van der Waals surface area contributed by atoms with Gasteiger partial charge < -0.3 is 9.64 Å². The predicted molar refractivity (Wildman–Crippen MR) is 67.0 cm³/mol. The number of likely N-dealkylation sites (tertiary alicyclic amines) is 2. The Balaban J connectivity index is 1.94. The second-order valence-electron chi connectivity index (χ2n) is 6.52. The van der Waals surface area contributed by atoms with Gasteiger partial charge in [-0.25, -0.2) is 4.79 Å². The molecule has 4 heteroatoms. The van der Waals surface area contributed by atoms with Gasteiger partial charge in [-0.15, -0.1) is 0 Å². The van der Waals surface area contributed by atoms with Crippen LogP contribution in [0.2, 0.25) is 0 Å². The smallest absolute Gasteiger partial charge is 0.409 e. The van der Waals surface area contributed by atoms with Gasteiger partial charge in [-0.3, -0.25) is 4.90 Å². The fourth-order valence-corrected chi connectivity index (χ4v) is 2.99. The third-order valence-electron chi connectivity index (χ3n) is 4.10. The van der Waals surface area contributed by atoms with Crippen LogP contribution in [0.4, 0.5) is 4.79 Å². The van der Waals surface area contributed by atoms with Crippen molar-refractivity contribution in [2.24, 2.45) is 5.41 Å². The average Bonchev–Trinajstić information content (AvgIpc) is 2.23. The highest BCUT2D eigenvalue weighted by molar-refractivity contribution is 5.67. The topological polar surface area (TPSA) is 32.8 Å². The Morgan fingerprint density at radius 2 is 1.88 bits per heavy atom. The molecule has 0 N–H and O–H groups in total. The maximum Gasteiger partial charge on any atom is 0.409 e. The zero-order chi connectivity index (χ0) is 12.7. The van der Waals surface area contributed by atoms with Gasteiger partial charge in [0.2, 0.25) is 0 Å². The van der Waals surface area contributed by atoms with E-state index in [9.17, 15) is 4.79 Å². The van der Waals surface area contributed by atoms with E-state index in [1.807, 2.05) is 4.90 Å². The number of carbonyl (C=O) groups is 1. The number of ether oxygens (including phenoxy) is 1. The number of piperidine rings is 1. The summed E-state index contributed by atoms with van der Waals surface area (Å²) in [5.41, 5.74) is 0.582. The van der Waals surface area contributed by atoms with Crippen LogP contribution in [0.3, 0.4) is 0 Å². The van der Waals surface area contributed by atoms with Crippen LogP contribution in [-0.2, 0) is 4.74 Å². The molecule has 4 nitrogen and oxygen atoms in total. The van der Waals surface area contributed by atoms with E-state index in [4.69, 9.17) is 4.74 Å². The van der Waals surface area contributed by atoms with E-state index in [-0.39, 0.29) is 11.6 Å². The number of amides is 1. The largest absolute Gasteiger partial charge is 0.453 e. The standard InChI is InChI=1S/C13H24N2O2/c1-12(2,3)15-9-13(10-15)6-5-7-14(8-13)11(16)17-4/h5-10H2,1-4H3. The van der Waals surface area contributed by atoms with Crippen molar-refractivity contribution in [1.29, 1.82) is 0 Å². The summed E-state index contributed by atoms with van der Waals surface area (Å²) < 4.78 is 4.82. The monoisotopic (exact) mass is 240 g/mol. The van der Waals surface area contributed by atoms with Crippen LogP contribution < -0.4 is 0 Å². The van der Waals surface area contributed by atoms with Crippen molar-refractivity contribution >= 4 is 6.09 Å². The van der Waals surface area contributed by atoms with Crippen LogP contribution in [-0.4, -0.2) is 54.7 Å². The second kappa shape index (κ2) is 4.16. The molecule has 1 spiro atoms. The van der Waals surface area contributed by atoms with Crippen LogP contribution >= 0.6 is 0 Å². The van der Waals surface area contributed by atoms with Gasteiger partial charge in [-0.2, -0.15) is 0 Å². The van der Waals surface area contributed by atoms with E-state index < -0.39 is 0 Å². The number of nitrogens with zero attached hydrogens (tertiary/aromatic N) is 2. The lowest BCUT2D eigenvalue weighted by Crippen LogP contribution is -2.67. The minimum absolute atomic E-state index is 0.168. The Morgan fingerprint density at radius 1 is 1.24 bits per heavy atom. The third-order valence-corrected chi connectivity index (χ3v) is 4.10. The first-order valence-electron chi connectivity index (χ1n) is 6.44. The van der Waals surface area contributed by atoms with Crippen LogP contribution in [0.1, 0.15) is 33.6 Å². The summed E-state index contributed by atoms with van der Waals surface area (Å²) in [6.45, 7) is 10.7. The maximum absolute atomic E-state index is 11.6. The molecule has 2 aliphatic rings. The van der Waals surface area contributed by atoms with Gasteiger partial charge in [0.25, 0.3) is 0 Å². The molecular weight excluding hydrogens is 216 g/mol. The lowest BCUT2D eigenvalue weighted by atomic mass is 9.71. The zero-order valence-corrected chi connectivity index (χ0v) is 11.5. The molecule has 2 heterocycles. The summed E-state index contributed by atoms with van der Waals surface area (Å²) in [5.74, 6) is 0. The van der Waals surface area contributed by atoms with Gasteiger partial charge in [0.15, 0.2) is 0 Å². The summed E-state index contributed by atoms with van der Waals surface area (Å²) in [6.07, 6.45) is 2.18. The van der Waals surface area contributed by atoms with Crippen molar-refractivity contribution in [2.45, 2.75) is 39.2 Å². The molecule has 1 amide bonds. The number of hydrogen-bond donors (Lipinski definition) is 0. The Labute approximate surface area is 104 Å². The van der Waals surface area contributed by atoms with E-state index in [0.29, 0.717) is 5.41 Å². The van der Waals surface area contributed by atoms with Crippen molar-refractivity contribution in [3.05, 3.63) is 0 Å². The molecule has 17 heavy (non-hydrogen) atoms. The van der Waals surface area contributed by atoms with Crippen molar-refractivity contribution in [3.63, 3.8) is 0 Å². The van der Waals surface area contributed by atoms with Gasteiger partial charge >= 0.3 is 6.09 Å². The highest BCUT2D eigenvalue weighted by atomic mass is 16.5. The van der Waals surface area contributed by atoms with Crippen molar-refractivity contribution in [2.75, 3.05) is 33.3 Å². The SMILES string of the molecule is COC(=O)N1CCCC2(C1)CN(C(C)(C)C)C2. The van der Waals surface area contributed by atoms with E-state index in [1.54, 1.807) is 0 Å². The molecule has 0 atom stereocenters. The van der Waals surface area contributed by atoms with Gasteiger partial charge in [-0.1, -0.05) is 0 Å². The molecule has 2 rings (SSSR count). The summed E-state index contributed by atoms with van der Waals surface area (Å²) in [4.78, 5) is 15.9. The number of carbonyl (C=O) groups excluding carboxylic acids is 1. The second-order valence-corrected chi connectivity index (χ2v) is 6.52. The van der Waals surface area contributed by atoms with Gasteiger partial charge in [0.05, 0.1) is 7.11 Å². The van der Waals surface area contributed by atoms with Crippen LogP contribution in [0.25, 0.3) is 0 Å². The molecule has 2 saturated heterocycles. The Bertz CT molecular complexity index is 303. The van der Waals surface area contributed by atoms with Gasteiger partial charge in [0.1, 0.15) is 0 Å². The lowest BCUT2D eigenvalue weighted by molar-refractivity contribution is -0.0912. The average molecular weight is 240 g/mol. The van der Waals surface area contributed by atoms with Crippen LogP contribution in [0.5, 0.6) is 0 Å². The quantitative estimate of drug-likeness (QED) is 0.649. The summed E-state index contributed by atoms with van der Waals surface area (Å²) in [7, 11) is 1.46. The molecule has 2 fully saturated rings. The van der Waals surface area contributed by atoms with E-state index >= 15 is 0 Å². The van der Waals surface area contributed by atoms with E-state index in [2.05, 4.69) is 25.7 Å². The van der Waals surface area contributed by atoms with Crippen molar-refractivity contribution in [3.8, 4) is 0 Å². The first kappa shape index (κ1) is 12.7. The first-order chi connectivity index (χ1) is 7.86. The van der Waals surface area contributed by atoms with Gasteiger partial charge in [0, 0.05) is 37.1 Å². The minimum atomic E-state index is -0.168. The molecule has 2 aliphatic heterocycles. The summed E-state index contributed by atoms with van der Waals surface area (Å²) in [6, 6.07) is 0. The van der Waals surface area contributed by atoms with E-state index in [0.717, 1.165) is 32.6 Å². The fourth-order valence-electron chi connectivity index (χ4n) is 2.99. The van der Waals surface area contributed by atoms with Crippen molar-refractivity contribution in [1.82, 2.24) is 9.80 Å². The first-order valence-corrected chi connectivity index (χ1v) is 6.44. The van der Waals surface area contributed by atoms with Crippen LogP contribution in [0.15, 0.2) is 0 Å². The number of methoxy groups -OCH3 is 1. The molecule has 0 aromatic rings. The lowest BCUT2D eigenvalue weighted by Gasteiger charge is -2.58. The van der Waals surface area contributed by atoms with Gasteiger partial charge in [-0.05, 0) is 33.6 Å². The molecule has 0 aromatic heterocycles. The van der Waals surface area contributed by atoms with Crippen LogP contribution in [0, 0.1) is 5.41 Å². The highest BCUT2D eigenvalue weighted by Crippen LogP contribution is 2.42. The minimum Gasteiger partial charge on any atom is -0.453 e. The zero-order valence-electron chi connectivity index (χ0n) is 11.5. The number of hydrogen-bond acceptors (Lipinski definition) is 3. The normalized spacial score (nSPS) is 24.6. The van der Waals surface area contributed by atoms with Crippen molar-refractivity contribution < 1.29 is 9.53 Å². The predicted octanol–water partition coefficient (Wildman–Crippen LogP) is 1.95. The summed E-state index contributed by atoms with van der Waals surface area (Å²) in [5, 5.41) is 0. The van der Waals surface area contributed by atoms with E-state index in [1.165, 1.54) is 13.5 Å². The Morgan fingerprint density at radius 3 is 2.41 bits per heavy atom. The Kier molecular flexibility index (Phi) is 3.10. The third kappa shape index (κ3) is 2.41. The molecule has 98 valence electrons. The molecular formula is C13H24N2O2. The molecule has 0 saturated carbocycles.